The Bertz CT molecular complexity index is 269. The number of benzene rings is 1. The van der Waals surface area contributed by atoms with Crippen molar-refractivity contribution in [3.63, 3.8) is 0 Å². The van der Waals surface area contributed by atoms with Gasteiger partial charge in [0, 0.05) is 5.02 Å². The van der Waals surface area contributed by atoms with Gasteiger partial charge in [0.2, 0.25) is 0 Å². The van der Waals surface area contributed by atoms with Gasteiger partial charge < -0.3 is 0 Å². The van der Waals surface area contributed by atoms with E-state index in [1.165, 1.54) is 0 Å². The van der Waals surface area contributed by atoms with Crippen LogP contribution in [0.5, 0.6) is 0 Å². The second-order valence-corrected chi connectivity index (χ2v) is 4.62. The molecule has 0 N–H and O–H groups in total. The van der Waals surface area contributed by atoms with Gasteiger partial charge in [0.05, 0.1) is 5.38 Å². The Hall–Kier alpha value is -0.200. The first-order valence-corrected chi connectivity index (χ1v) is 5.30. The lowest BCUT2D eigenvalue weighted by Crippen LogP contribution is -1.95. The van der Waals surface area contributed by atoms with Gasteiger partial charge in [-0.1, -0.05) is 37.6 Å². The summed E-state index contributed by atoms with van der Waals surface area (Å²) in [4.78, 5) is 0. The Morgan fingerprint density at radius 1 is 1.31 bits per heavy atom. The average molecular weight is 217 g/mol. The van der Waals surface area contributed by atoms with Gasteiger partial charge in [-0.05, 0) is 30.0 Å². The average Bonchev–Trinajstić information content (AvgIpc) is 2.03. The van der Waals surface area contributed by atoms with E-state index in [0.717, 1.165) is 17.0 Å². The third kappa shape index (κ3) is 3.58. The van der Waals surface area contributed by atoms with Crippen molar-refractivity contribution in [3.8, 4) is 0 Å². The highest BCUT2D eigenvalue weighted by Crippen LogP contribution is 2.28. The van der Waals surface area contributed by atoms with Gasteiger partial charge in [0.1, 0.15) is 0 Å². The summed E-state index contributed by atoms with van der Waals surface area (Å²) in [6.45, 7) is 4.33. The number of hydrogen-bond acceptors (Lipinski definition) is 0. The summed E-state index contributed by atoms with van der Waals surface area (Å²) < 4.78 is 0. The van der Waals surface area contributed by atoms with Crippen molar-refractivity contribution in [2.24, 2.45) is 5.92 Å². The molecule has 72 valence electrons. The minimum atomic E-state index is 0.0821. The van der Waals surface area contributed by atoms with Crippen molar-refractivity contribution in [1.29, 1.82) is 0 Å². The summed E-state index contributed by atoms with van der Waals surface area (Å²) in [5, 5.41) is 0.839. The molecule has 0 spiro atoms. The largest absolute Gasteiger partial charge is 0.118 e. The molecule has 1 aromatic rings. The molecule has 0 nitrogen and oxygen atoms in total. The molecule has 0 aromatic heterocycles. The van der Waals surface area contributed by atoms with E-state index in [2.05, 4.69) is 13.8 Å². The van der Waals surface area contributed by atoms with E-state index in [9.17, 15) is 0 Å². The molecule has 13 heavy (non-hydrogen) atoms. The first-order valence-electron chi connectivity index (χ1n) is 4.49. The van der Waals surface area contributed by atoms with Crippen LogP contribution in [0, 0.1) is 5.92 Å². The fourth-order valence-electron chi connectivity index (χ4n) is 1.25. The van der Waals surface area contributed by atoms with Crippen LogP contribution < -0.4 is 0 Å². The van der Waals surface area contributed by atoms with Crippen molar-refractivity contribution in [3.05, 3.63) is 34.9 Å². The predicted molar refractivity (Wildman–Crippen MR) is 59.5 cm³/mol. The fourth-order valence-corrected chi connectivity index (χ4v) is 1.94. The van der Waals surface area contributed by atoms with Gasteiger partial charge in [-0.25, -0.2) is 0 Å². The highest BCUT2D eigenvalue weighted by molar-refractivity contribution is 6.30. The molecule has 0 radical (unpaired) electrons. The molecule has 0 aliphatic rings. The van der Waals surface area contributed by atoms with Crippen LogP contribution in [0.3, 0.4) is 0 Å². The van der Waals surface area contributed by atoms with Crippen LogP contribution in [0.25, 0.3) is 0 Å². The lowest BCUT2D eigenvalue weighted by molar-refractivity contribution is 0.575. The summed E-state index contributed by atoms with van der Waals surface area (Å²) in [6.07, 6.45) is 0.988. The molecule has 1 unspecified atom stereocenters. The second-order valence-electron chi connectivity index (χ2n) is 3.65. The fraction of sp³-hybridized carbons (Fsp3) is 0.455. The molecule has 0 fully saturated rings. The Morgan fingerprint density at radius 2 is 2.00 bits per heavy atom. The smallest absolute Gasteiger partial charge is 0.0588 e. The lowest BCUT2D eigenvalue weighted by atomic mass is 10.0. The first-order chi connectivity index (χ1) is 6.09. The molecule has 0 bridgehead atoms. The molecule has 0 amide bonds. The number of halogens is 2. The van der Waals surface area contributed by atoms with Crippen LogP contribution in [0.1, 0.15) is 31.2 Å². The standard InChI is InChI=1S/C11H14Cl2/c1-8(2)6-11(13)9-4-3-5-10(12)7-9/h3-5,7-8,11H,6H2,1-2H3. The van der Waals surface area contributed by atoms with Gasteiger partial charge in [-0.3, -0.25) is 0 Å². The van der Waals surface area contributed by atoms with Crippen LogP contribution in [-0.2, 0) is 0 Å². The van der Waals surface area contributed by atoms with Crippen LogP contribution >= 0.6 is 23.2 Å². The van der Waals surface area contributed by atoms with Crippen molar-refractivity contribution >= 4 is 23.2 Å². The topological polar surface area (TPSA) is 0 Å². The Balaban J connectivity index is 2.71. The van der Waals surface area contributed by atoms with E-state index in [1.54, 1.807) is 0 Å². The molecule has 1 aromatic carbocycles. The zero-order valence-electron chi connectivity index (χ0n) is 7.93. The van der Waals surface area contributed by atoms with Crippen LogP contribution in [0.4, 0.5) is 0 Å². The van der Waals surface area contributed by atoms with Gasteiger partial charge in [0.15, 0.2) is 0 Å². The molecule has 0 aliphatic heterocycles. The zero-order chi connectivity index (χ0) is 9.84. The van der Waals surface area contributed by atoms with E-state index >= 15 is 0 Å². The summed E-state index contributed by atoms with van der Waals surface area (Å²) in [7, 11) is 0. The first kappa shape index (κ1) is 10.9. The molecule has 2 heteroatoms. The van der Waals surface area contributed by atoms with E-state index in [-0.39, 0.29) is 5.38 Å². The van der Waals surface area contributed by atoms with Gasteiger partial charge in [-0.2, -0.15) is 0 Å². The molecule has 0 saturated heterocycles. The highest BCUT2D eigenvalue weighted by Gasteiger charge is 2.09. The van der Waals surface area contributed by atoms with Crippen LogP contribution in [0.15, 0.2) is 24.3 Å². The highest BCUT2D eigenvalue weighted by atomic mass is 35.5. The monoisotopic (exact) mass is 216 g/mol. The van der Waals surface area contributed by atoms with E-state index in [4.69, 9.17) is 23.2 Å². The van der Waals surface area contributed by atoms with E-state index in [1.807, 2.05) is 24.3 Å². The Labute approximate surface area is 89.9 Å². The summed E-state index contributed by atoms with van der Waals surface area (Å²) >= 11 is 12.1. The second kappa shape index (κ2) is 4.88. The molecule has 0 heterocycles. The van der Waals surface area contributed by atoms with E-state index < -0.39 is 0 Å². The number of hydrogen-bond donors (Lipinski definition) is 0. The Morgan fingerprint density at radius 3 is 2.54 bits per heavy atom. The maximum absolute atomic E-state index is 6.21. The maximum Gasteiger partial charge on any atom is 0.0588 e. The lowest BCUT2D eigenvalue weighted by Gasteiger charge is -2.12. The Kier molecular flexibility index (Phi) is 4.08. The van der Waals surface area contributed by atoms with Crippen molar-refractivity contribution < 1.29 is 0 Å². The molecule has 0 aliphatic carbocycles. The van der Waals surface area contributed by atoms with Crippen molar-refractivity contribution in [1.82, 2.24) is 0 Å². The predicted octanol–water partition coefficient (Wildman–Crippen LogP) is 4.67. The van der Waals surface area contributed by atoms with Crippen molar-refractivity contribution in [2.45, 2.75) is 25.6 Å². The van der Waals surface area contributed by atoms with Crippen molar-refractivity contribution in [2.75, 3.05) is 0 Å². The molecule has 0 saturated carbocycles. The quantitative estimate of drug-likeness (QED) is 0.645. The third-order valence-electron chi connectivity index (χ3n) is 1.89. The molecule has 1 rings (SSSR count). The third-order valence-corrected chi connectivity index (χ3v) is 2.55. The minimum absolute atomic E-state index is 0.0821. The summed E-state index contributed by atoms with van der Waals surface area (Å²) in [5.41, 5.74) is 1.11. The number of alkyl halides is 1. The van der Waals surface area contributed by atoms with Crippen LogP contribution in [0.2, 0.25) is 5.02 Å². The zero-order valence-corrected chi connectivity index (χ0v) is 9.44. The van der Waals surface area contributed by atoms with Gasteiger partial charge in [0.25, 0.3) is 0 Å². The normalized spacial score (nSPS) is 13.3. The SMILES string of the molecule is CC(C)CC(Cl)c1cccc(Cl)c1. The van der Waals surface area contributed by atoms with Gasteiger partial charge >= 0.3 is 0 Å². The summed E-state index contributed by atoms with van der Waals surface area (Å²) in [5.74, 6) is 0.612. The summed E-state index contributed by atoms with van der Waals surface area (Å²) in [6, 6.07) is 7.75. The minimum Gasteiger partial charge on any atom is -0.118 e. The van der Waals surface area contributed by atoms with E-state index in [0.29, 0.717) is 5.92 Å². The number of rotatable bonds is 3. The maximum atomic E-state index is 6.21. The molecule has 1 atom stereocenters. The molecular formula is C11H14Cl2. The van der Waals surface area contributed by atoms with Gasteiger partial charge in [-0.15, -0.1) is 11.6 Å². The molecular weight excluding hydrogens is 203 g/mol. The van der Waals surface area contributed by atoms with Crippen LogP contribution in [-0.4, -0.2) is 0 Å².